The van der Waals surface area contributed by atoms with E-state index < -0.39 is 0 Å². The topological polar surface area (TPSA) is 20.2 Å². The average Bonchev–Trinajstić information content (AvgIpc) is 2.84. The number of allylic oxidation sites excluding steroid dienone is 2. The second-order valence-electron chi connectivity index (χ2n) is 9.44. The molecule has 124 valence electrons. The summed E-state index contributed by atoms with van der Waals surface area (Å²) in [5.74, 6) is 4.23. The minimum absolute atomic E-state index is 0.0518. The Hall–Kier alpha value is -0.300. The largest absolute Gasteiger partial charge is 0.393 e. The highest BCUT2D eigenvalue weighted by molar-refractivity contribution is 5.18. The maximum Gasteiger partial charge on any atom is 0.0546 e. The number of aliphatic hydroxyl groups excluding tert-OH is 1. The fraction of sp³-hybridized carbons (Fsp3) is 0.905. The van der Waals surface area contributed by atoms with E-state index in [-0.39, 0.29) is 6.10 Å². The van der Waals surface area contributed by atoms with Crippen LogP contribution >= 0.6 is 0 Å². The van der Waals surface area contributed by atoms with Crippen molar-refractivity contribution in [2.75, 3.05) is 0 Å². The van der Waals surface area contributed by atoms with Crippen LogP contribution in [0.2, 0.25) is 0 Å². The Balaban J connectivity index is 1.66. The molecule has 0 aromatic heterocycles. The Bertz CT molecular complexity index is 469. The van der Waals surface area contributed by atoms with Crippen LogP contribution in [-0.2, 0) is 0 Å². The summed E-state index contributed by atoms with van der Waals surface area (Å²) in [6.45, 7) is 7.57. The van der Waals surface area contributed by atoms with E-state index in [1.807, 2.05) is 0 Å². The molecular formula is C21H34O. The molecule has 4 unspecified atom stereocenters. The molecule has 8 atom stereocenters. The van der Waals surface area contributed by atoms with E-state index in [0.717, 1.165) is 36.5 Å². The van der Waals surface area contributed by atoms with Gasteiger partial charge in [0.05, 0.1) is 6.10 Å². The molecule has 0 saturated heterocycles. The van der Waals surface area contributed by atoms with Gasteiger partial charge in [0, 0.05) is 0 Å². The van der Waals surface area contributed by atoms with E-state index in [1.165, 1.54) is 38.5 Å². The summed E-state index contributed by atoms with van der Waals surface area (Å²) < 4.78 is 0. The van der Waals surface area contributed by atoms with E-state index in [4.69, 9.17) is 0 Å². The highest BCUT2D eigenvalue weighted by atomic mass is 16.3. The Morgan fingerprint density at radius 3 is 2.45 bits per heavy atom. The van der Waals surface area contributed by atoms with E-state index in [0.29, 0.717) is 16.7 Å². The van der Waals surface area contributed by atoms with Gasteiger partial charge in [-0.3, -0.25) is 0 Å². The van der Waals surface area contributed by atoms with Crippen LogP contribution in [0.1, 0.15) is 72.1 Å². The van der Waals surface area contributed by atoms with Gasteiger partial charge in [-0.2, -0.15) is 0 Å². The molecule has 0 amide bonds. The van der Waals surface area contributed by atoms with Gasteiger partial charge in [0.2, 0.25) is 0 Å². The monoisotopic (exact) mass is 302 g/mol. The number of fused-ring (bicyclic) bond motifs is 5. The second kappa shape index (κ2) is 5.10. The molecular weight excluding hydrogens is 268 g/mol. The van der Waals surface area contributed by atoms with Crippen LogP contribution in [0, 0.1) is 40.4 Å². The standard InChI is InChI=1S/C21H34O/c1-4-14-6-8-18-17-7-5-15-13-16(22)9-11-21(15,3)19(17)10-12-20(14,18)2/h5,7,14-19,22H,4,6,8-13H2,1-3H3/t14-,15?,16-,17?,18?,19?,20+,21-/m0/s1. The number of rotatable bonds is 1. The zero-order valence-corrected chi connectivity index (χ0v) is 14.7. The van der Waals surface area contributed by atoms with Crippen LogP contribution in [-0.4, -0.2) is 11.2 Å². The Labute approximate surface area is 136 Å². The van der Waals surface area contributed by atoms with Gasteiger partial charge >= 0.3 is 0 Å². The first-order valence-corrected chi connectivity index (χ1v) is 9.85. The van der Waals surface area contributed by atoms with Gasteiger partial charge in [-0.15, -0.1) is 0 Å². The lowest BCUT2D eigenvalue weighted by Crippen LogP contribution is -2.52. The van der Waals surface area contributed by atoms with Crippen molar-refractivity contribution in [3.8, 4) is 0 Å². The van der Waals surface area contributed by atoms with Crippen LogP contribution in [0.3, 0.4) is 0 Å². The van der Waals surface area contributed by atoms with Crippen LogP contribution in [0.25, 0.3) is 0 Å². The van der Waals surface area contributed by atoms with Gasteiger partial charge in [-0.1, -0.05) is 39.3 Å². The third-order valence-corrected chi connectivity index (χ3v) is 8.82. The molecule has 1 heteroatoms. The summed E-state index contributed by atoms with van der Waals surface area (Å²) in [6, 6.07) is 0. The summed E-state index contributed by atoms with van der Waals surface area (Å²) in [6.07, 6.45) is 15.5. The maximum absolute atomic E-state index is 10.1. The summed E-state index contributed by atoms with van der Waals surface area (Å²) in [5.41, 5.74) is 1.07. The Morgan fingerprint density at radius 2 is 1.68 bits per heavy atom. The zero-order valence-electron chi connectivity index (χ0n) is 14.7. The first-order chi connectivity index (χ1) is 10.5. The van der Waals surface area contributed by atoms with Crippen LogP contribution < -0.4 is 0 Å². The average molecular weight is 303 g/mol. The van der Waals surface area contributed by atoms with Crippen molar-refractivity contribution in [2.24, 2.45) is 40.4 Å². The van der Waals surface area contributed by atoms with E-state index in [1.54, 1.807) is 0 Å². The van der Waals surface area contributed by atoms with Crippen molar-refractivity contribution < 1.29 is 5.11 Å². The lowest BCUT2D eigenvalue weighted by molar-refractivity contribution is -0.0772. The molecule has 0 aliphatic heterocycles. The van der Waals surface area contributed by atoms with Gasteiger partial charge in [-0.25, -0.2) is 0 Å². The smallest absolute Gasteiger partial charge is 0.0546 e. The zero-order chi connectivity index (χ0) is 15.5. The van der Waals surface area contributed by atoms with Gasteiger partial charge < -0.3 is 5.11 Å². The molecule has 0 aromatic carbocycles. The fourth-order valence-corrected chi connectivity index (χ4v) is 7.38. The Morgan fingerprint density at radius 1 is 0.955 bits per heavy atom. The Kier molecular flexibility index (Phi) is 3.53. The summed E-state index contributed by atoms with van der Waals surface area (Å²) in [7, 11) is 0. The van der Waals surface area contributed by atoms with Crippen LogP contribution in [0.5, 0.6) is 0 Å². The van der Waals surface area contributed by atoms with E-state index in [2.05, 4.69) is 32.9 Å². The molecule has 4 aliphatic carbocycles. The number of hydrogen-bond acceptors (Lipinski definition) is 1. The lowest BCUT2D eigenvalue weighted by Gasteiger charge is -2.58. The van der Waals surface area contributed by atoms with Crippen molar-refractivity contribution in [3.63, 3.8) is 0 Å². The third-order valence-electron chi connectivity index (χ3n) is 8.82. The summed E-state index contributed by atoms with van der Waals surface area (Å²) in [5, 5.41) is 10.1. The molecule has 0 aromatic rings. The highest BCUT2D eigenvalue weighted by Gasteiger charge is 2.58. The molecule has 0 heterocycles. The maximum atomic E-state index is 10.1. The normalized spacial score (nSPS) is 57.1. The van der Waals surface area contributed by atoms with Crippen molar-refractivity contribution in [1.82, 2.24) is 0 Å². The summed E-state index contributed by atoms with van der Waals surface area (Å²) >= 11 is 0. The predicted octanol–water partition coefficient (Wildman–Crippen LogP) is 5.19. The fourth-order valence-electron chi connectivity index (χ4n) is 7.38. The van der Waals surface area contributed by atoms with Crippen LogP contribution in [0.15, 0.2) is 12.2 Å². The van der Waals surface area contributed by atoms with E-state index >= 15 is 0 Å². The van der Waals surface area contributed by atoms with Crippen molar-refractivity contribution in [1.29, 1.82) is 0 Å². The molecule has 4 rings (SSSR count). The van der Waals surface area contributed by atoms with Gasteiger partial charge in [0.1, 0.15) is 0 Å². The molecule has 0 spiro atoms. The van der Waals surface area contributed by atoms with E-state index in [9.17, 15) is 5.11 Å². The molecule has 0 bridgehead atoms. The first-order valence-electron chi connectivity index (χ1n) is 9.85. The van der Waals surface area contributed by atoms with Gasteiger partial charge in [0.25, 0.3) is 0 Å². The highest BCUT2D eigenvalue weighted by Crippen LogP contribution is 2.66. The molecule has 3 fully saturated rings. The van der Waals surface area contributed by atoms with Crippen LogP contribution in [0.4, 0.5) is 0 Å². The molecule has 3 saturated carbocycles. The van der Waals surface area contributed by atoms with Crippen molar-refractivity contribution in [2.45, 2.75) is 78.2 Å². The minimum Gasteiger partial charge on any atom is -0.393 e. The van der Waals surface area contributed by atoms with Gasteiger partial charge in [0.15, 0.2) is 0 Å². The molecule has 4 aliphatic rings. The molecule has 22 heavy (non-hydrogen) atoms. The van der Waals surface area contributed by atoms with Gasteiger partial charge in [-0.05, 0) is 85.4 Å². The predicted molar refractivity (Wildman–Crippen MR) is 91.4 cm³/mol. The van der Waals surface area contributed by atoms with Crippen molar-refractivity contribution in [3.05, 3.63) is 12.2 Å². The number of hydrogen-bond donors (Lipinski definition) is 1. The quantitative estimate of drug-likeness (QED) is 0.661. The molecule has 1 N–H and O–H groups in total. The summed E-state index contributed by atoms with van der Waals surface area (Å²) in [4.78, 5) is 0. The first kappa shape index (κ1) is 15.2. The SMILES string of the molecule is CC[C@H]1CCC2C3C=CC4C[C@@H](O)CC[C@]4(C)C3CC[C@@]21C. The molecule has 0 radical (unpaired) electrons. The lowest BCUT2D eigenvalue weighted by atomic mass is 9.46. The minimum atomic E-state index is -0.0518. The number of aliphatic hydroxyl groups is 1. The van der Waals surface area contributed by atoms with Crippen molar-refractivity contribution >= 4 is 0 Å². The third kappa shape index (κ3) is 1.93. The second-order valence-corrected chi connectivity index (χ2v) is 9.44. The molecule has 1 nitrogen and oxygen atoms in total.